The maximum absolute atomic E-state index is 9.25. The topological polar surface area (TPSA) is 51.1 Å². The van der Waals surface area contributed by atoms with Gasteiger partial charge in [0.15, 0.2) is 5.17 Å². The molecule has 1 aliphatic rings. The number of nitrogens with zero attached hydrogens (tertiary/aromatic N) is 3. The van der Waals surface area contributed by atoms with E-state index in [1.165, 1.54) is 0 Å². The van der Waals surface area contributed by atoms with Crippen LogP contribution in [0.15, 0.2) is 29.3 Å². The number of nitrogens with one attached hydrogen (secondary N) is 1. The zero-order chi connectivity index (χ0) is 17.1. The van der Waals surface area contributed by atoms with Crippen molar-refractivity contribution in [2.45, 2.75) is 39.5 Å². The van der Waals surface area contributed by atoms with E-state index >= 15 is 0 Å². The summed E-state index contributed by atoms with van der Waals surface area (Å²) in [5.41, 5.74) is 0. The molecule has 0 aliphatic carbocycles. The largest absolute Gasteiger partial charge is 0.379 e. The Morgan fingerprint density at radius 2 is 1.96 bits per heavy atom. The second-order valence-electron chi connectivity index (χ2n) is 5.66. The van der Waals surface area contributed by atoms with Crippen LogP contribution in [0.3, 0.4) is 0 Å². The van der Waals surface area contributed by atoms with E-state index in [9.17, 15) is 5.11 Å². The van der Waals surface area contributed by atoms with Crippen LogP contribution >= 0.6 is 11.8 Å². The zero-order valence-electron chi connectivity index (χ0n) is 14.9. The lowest BCUT2D eigenvalue weighted by molar-refractivity contribution is 0.162. The number of aliphatic hydroxyl groups is 1. The Bertz CT molecular complexity index is 401. The molecule has 132 valence electrons. The second-order valence-corrected chi connectivity index (χ2v) is 6.60. The molecule has 0 spiro atoms. The Balaban J connectivity index is 2.38. The number of aliphatic hydroxyl groups excluding tert-OH is 1. The number of rotatable bonds is 7. The predicted octanol–water partition coefficient (Wildman–Crippen LogP) is 2.12. The van der Waals surface area contributed by atoms with E-state index in [1.807, 2.05) is 7.05 Å². The third kappa shape index (κ3) is 8.01. The van der Waals surface area contributed by atoms with Crippen LogP contribution < -0.4 is 5.32 Å². The van der Waals surface area contributed by atoms with Gasteiger partial charge in [0.25, 0.3) is 0 Å². The highest BCUT2D eigenvalue weighted by Gasteiger charge is 2.21. The van der Waals surface area contributed by atoms with Gasteiger partial charge in [-0.2, -0.15) is 0 Å². The van der Waals surface area contributed by atoms with Crippen molar-refractivity contribution >= 4 is 16.9 Å². The number of amidine groups is 1. The van der Waals surface area contributed by atoms with E-state index in [1.54, 1.807) is 18.7 Å². The molecule has 23 heavy (non-hydrogen) atoms. The summed E-state index contributed by atoms with van der Waals surface area (Å²) in [6, 6.07) is 0.463. The van der Waals surface area contributed by atoms with E-state index in [2.05, 4.69) is 58.3 Å². The number of thioether (sulfide) groups is 1. The smallest absolute Gasteiger partial charge is 0.160 e. The molecule has 0 saturated carbocycles. The number of allylic oxidation sites excluding steroid dienone is 3. The monoisotopic (exact) mass is 340 g/mol. The first-order valence-corrected chi connectivity index (χ1v) is 9.40. The molecule has 0 aromatic heterocycles. The second kappa shape index (κ2) is 11.7. The third-order valence-electron chi connectivity index (χ3n) is 3.80. The van der Waals surface area contributed by atoms with Gasteiger partial charge in [0.05, 0.1) is 5.88 Å². The normalized spacial score (nSPS) is 20.6. The van der Waals surface area contributed by atoms with Gasteiger partial charge in [-0.1, -0.05) is 43.0 Å². The minimum absolute atomic E-state index is 0.463. The molecule has 0 radical (unpaired) electrons. The number of hydrogen-bond donors (Lipinski definition) is 2. The summed E-state index contributed by atoms with van der Waals surface area (Å²) >= 11 is 1.65. The van der Waals surface area contributed by atoms with Gasteiger partial charge in [0, 0.05) is 39.3 Å². The molecule has 2 atom stereocenters. The summed E-state index contributed by atoms with van der Waals surface area (Å²) in [4.78, 5) is 9.22. The van der Waals surface area contributed by atoms with Crippen molar-refractivity contribution in [3.63, 3.8) is 0 Å². The van der Waals surface area contributed by atoms with Gasteiger partial charge in [0.2, 0.25) is 0 Å². The highest BCUT2D eigenvalue weighted by molar-refractivity contribution is 8.13. The average Bonchev–Trinajstić information content (AvgIpc) is 2.55. The Morgan fingerprint density at radius 1 is 1.26 bits per heavy atom. The first-order valence-electron chi connectivity index (χ1n) is 8.41. The van der Waals surface area contributed by atoms with Crippen LogP contribution in [0.1, 0.15) is 27.2 Å². The lowest BCUT2D eigenvalue weighted by Gasteiger charge is -2.38. The molecule has 2 unspecified atom stereocenters. The van der Waals surface area contributed by atoms with Crippen molar-refractivity contribution in [3.05, 3.63) is 24.3 Å². The summed E-state index contributed by atoms with van der Waals surface area (Å²) in [7, 11) is 1.84. The van der Waals surface area contributed by atoms with Gasteiger partial charge in [0.1, 0.15) is 6.23 Å². The molecule has 2 N–H and O–H groups in total. The van der Waals surface area contributed by atoms with Crippen molar-refractivity contribution in [1.82, 2.24) is 15.1 Å². The fraction of sp³-hybridized carbons (Fsp3) is 0.706. The van der Waals surface area contributed by atoms with E-state index in [4.69, 9.17) is 0 Å². The molecule has 1 aliphatic heterocycles. The summed E-state index contributed by atoms with van der Waals surface area (Å²) in [6.45, 7) is 10.2. The summed E-state index contributed by atoms with van der Waals surface area (Å²) in [5, 5.41) is 13.3. The van der Waals surface area contributed by atoms with Crippen molar-refractivity contribution < 1.29 is 5.11 Å². The molecule has 6 heteroatoms. The highest BCUT2D eigenvalue weighted by Crippen LogP contribution is 2.13. The van der Waals surface area contributed by atoms with Crippen molar-refractivity contribution in [1.29, 1.82) is 0 Å². The molecular weight excluding hydrogens is 308 g/mol. The Hall–Kier alpha value is -0.820. The first kappa shape index (κ1) is 20.2. The van der Waals surface area contributed by atoms with E-state index in [-0.39, 0.29) is 0 Å². The lowest BCUT2D eigenvalue weighted by Crippen LogP contribution is -2.50. The fourth-order valence-corrected chi connectivity index (χ4v) is 3.35. The van der Waals surface area contributed by atoms with Crippen LogP contribution in [0.25, 0.3) is 0 Å². The summed E-state index contributed by atoms with van der Waals surface area (Å²) in [5.74, 6) is 0.674. The van der Waals surface area contributed by atoms with Crippen LogP contribution in [-0.2, 0) is 0 Å². The van der Waals surface area contributed by atoms with E-state index in [0.717, 1.165) is 37.8 Å². The molecule has 0 bridgehead atoms. The lowest BCUT2D eigenvalue weighted by atomic mass is 10.2. The summed E-state index contributed by atoms with van der Waals surface area (Å²) in [6.07, 6.45) is 9.31. The van der Waals surface area contributed by atoms with Crippen LogP contribution in [0.4, 0.5) is 0 Å². The van der Waals surface area contributed by atoms with Crippen LogP contribution in [0.2, 0.25) is 0 Å². The molecule has 1 rings (SSSR count). The molecule has 1 fully saturated rings. The van der Waals surface area contributed by atoms with Gasteiger partial charge < -0.3 is 10.0 Å². The fourth-order valence-electron chi connectivity index (χ4n) is 2.41. The van der Waals surface area contributed by atoms with Gasteiger partial charge >= 0.3 is 0 Å². The minimum Gasteiger partial charge on any atom is -0.379 e. The molecule has 1 heterocycles. The maximum Gasteiger partial charge on any atom is 0.160 e. The first-order chi connectivity index (χ1) is 11.1. The van der Waals surface area contributed by atoms with E-state index < -0.39 is 6.23 Å². The quantitative estimate of drug-likeness (QED) is 0.322. The van der Waals surface area contributed by atoms with Crippen LogP contribution in [-0.4, -0.2) is 71.4 Å². The number of piperazine rings is 1. The highest BCUT2D eigenvalue weighted by atomic mass is 32.2. The molecule has 0 amide bonds. The van der Waals surface area contributed by atoms with Gasteiger partial charge in [-0.05, 0) is 20.3 Å². The molecule has 1 saturated heterocycles. The SMILES string of the molecule is CC/C=C\C=C/C(C)N1CCN(C(=NC)SCNC(C)O)CC1. The molecule has 0 aromatic carbocycles. The van der Waals surface area contributed by atoms with Crippen LogP contribution in [0.5, 0.6) is 0 Å². The predicted molar refractivity (Wildman–Crippen MR) is 102 cm³/mol. The Morgan fingerprint density at radius 3 is 2.52 bits per heavy atom. The molecular formula is C17H32N4OS. The maximum atomic E-state index is 9.25. The van der Waals surface area contributed by atoms with Gasteiger partial charge in [-0.25, -0.2) is 0 Å². The van der Waals surface area contributed by atoms with Crippen molar-refractivity contribution in [2.75, 3.05) is 39.1 Å². The van der Waals surface area contributed by atoms with Gasteiger partial charge in [-0.15, -0.1) is 0 Å². The zero-order valence-corrected chi connectivity index (χ0v) is 15.7. The van der Waals surface area contributed by atoms with E-state index in [0.29, 0.717) is 11.9 Å². The third-order valence-corrected chi connectivity index (χ3v) is 4.81. The average molecular weight is 341 g/mol. The van der Waals surface area contributed by atoms with Crippen LogP contribution in [0, 0.1) is 0 Å². The van der Waals surface area contributed by atoms with Crippen molar-refractivity contribution in [3.8, 4) is 0 Å². The minimum atomic E-state index is -0.480. The molecule has 5 nitrogen and oxygen atoms in total. The standard InChI is InChI=1S/C17H32N4OS/c1-5-6-7-8-9-15(2)20-10-12-21(13-11-20)17(18-4)23-14-19-16(3)22/h6-9,15-16,19,22H,5,10-14H2,1-4H3/b7-6-,9-8-,18-17?. The van der Waals surface area contributed by atoms with Gasteiger partial charge in [-0.3, -0.25) is 15.2 Å². The Kier molecular flexibility index (Phi) is 10.3. The number of hydrogen-bond acceptors (Lipinski definition) is 5. The van der Waals surface area contributed by atoms with Crippen molar-refractivity contribution in [2.24, 2.45) is 4.99 Å². The molecule has 0 aromatic rings. The summed E-state index contributed by atoms with van der Waals surface area (Å²) < 4.78 is 0. The number of aliphatic imine (C=N–C) groups is 1. The Labute approximate surface area is 145 Å².